The van der Waals surface area contributed by atoms with Crippen LogP contribution < -0.4 is 5.73 Å². The maximum atomic E-state index is 13.6. The van der Waals surface area contributed by atoms with Crippen LogP contribution in [0.5, 0.6) is 0 Å². The Hall–Kier alpha value is -2.87. The lowest BCUT2D eigenvalue weighted by Gasteiger charge is -2.38. The number of Topliss-reactive ketones (excluding diaryl/α,β-unsaturated/α-hetero) is 1. The third-order valence-electron chi connectivity index (χ3n) is 10.8. The fraction of sp³-hybridized carbons (Fsp3) is 0.732. The molecule has 1 fully saturated rings. The van der Waals surface area contributed by atoms with Crippen molar-refractivity contribution in [3.05, 3.63) is 47.1 Å². The van der Waals surface area contributed by atoms with E-state index in [4.69, 9.17) is 29.4 Å². The molecule has 0 saturated carbocycles. The van der Waals surface area contributed by atoms with E-state index in [9.17, 15) is 29.7 Å². The molecule has 3 aliphatic rings. The second-order valence-corrected chi connectivity index (χ2v) is 15.7. The van der Waals surface area contributed by atoms with Crippen LogP contribution in [0, 0.1) is 23.7 Å². The number of nitrogens with two attached hydrogens (primary N) is 1. The SMILES string of the molecule is CCC(=O)/C(C)=C/[C@H](C)C[C@@H](C)[C@H]1OC(=O)C[C@@]2(O)CC=C(C)[C@H](O2)/C(C)=C/CCC[C@@H](O[C@@H]2C[C@H](OC(N)=O)[C@H](O)[C@H](C)O2)/C=C/[C@@H](C)[C@@H](O)[C@H]1C. The zero-order valence-corrected chi connectivity index (χ0v) is 33.2. The van der Waals surface area contributed by atoms with Gasteiger partial charge in [-0.15, -0.1) is 0 Å². The predicted octanol–water partition coefficient (Wildman–Crippen LogP) is 5.96. The van der Waals surface area contributed by atoms with Crippen molar-refractivity contribution >= 4 is 17.8 Å². The quantitative estimate of drug-likeness (QED) is 0.124. The lowest BCUT2D eigenvalue weighted by atomic mass is 9.80. The number of aliphatic hydroxyl groups is 3. The van der Waals surface area contributed by atoms with Crippen LogP contribution in [0.15, 0.2) is 47.1 Å². The van der Waals surface area contributed by atoms with Gasteiger partial charge in [0.05, 0.1) is 24.7 Å². The van der Waals surface area contributed by atoms with Crippen LogP contribution in [-0.2, 0) is 33.3 Å². The lowest BCUT2D eigenvalue weighted by Crippen LogP contribution is -2.50. The maximum Gasteiger partial charge on any atom is 0.404 e. The number of carbonyl (C=O) groups excluding carboxylic acids is 3. The summed E-state index contributed by atoms with van der Waals surface area (Å²) in [4.78, 5) is 37.4. The molecule has 3 rings (SSSR count). The maximum absolute atomic E-state index is 13.6. The summed E-state index contributed by atoms with van der Waals surface area (Å²) in [5, 5.41) is 33.8. The molecule has 5 N–H and O–H groups in total. The van der Waals surface area contributed by atoms with Gasteiger partial charge in [-0.1, -0.05) is 65.0 Å². The number of carbonyl (C=O) groups is 3. The van der Waals surface area contributed by atoms with E-state index in [1.807, 2.05) is 79.7 Å². The Bertz CT molecular complexity index is 1370. The van der Waals surface area contributed by atoms with Crippen molar-refractivity contribution in [3.8, 4) is 0 Å². The van der Waals surface area contributed by atoms with E-state index in [-0.39, 0.29) is 42.8 Å². The summed E-state index contributed by atoms with van der Waals surface area (Å²) < 4.78 is 29.8. The van der Waals surface area contributed by atoms with Gasteiger partial charge in [0.15, 0.2) is 17.9 Å². The first-order valence-corrected chi connectivity index (χ1v) is 19.3. The smallest absolute Gasteiger partial charge is 0.404 e. The number of hydrogen-bond donors (Lipinski definition) is 4. The molecule has 12 nitrogen and oxygen atoms in total. The zero-order chi connectivity index (χ0) is 39.6. The molecule has 13 atom stereocenters. The molecule has 0 unspecified atom stereocenters. The first kappa shape index (κ1) is 44.5. The summed E-state index contributed by atoms with van der Waals surface area (Å²) in [5.41, 5.74) is 7.78. The van der Waals surface area contributed by atoms with Gasteiger partial charge < -0.3 is 44.7 Å². The molecule has 0 aliphatic carbocycles. The van der Waals surface area contributed by atoms with Gasteiger partial charge in [-0.3, -0.25) is 9.59 Å². The Morgan fingerprint density at radius 3 is 2.43 bits per heavy atom. The van der Waals surface area contributed by atoms with E-state index in [1.54, 1.807) is 6.92 Å². The Balaban J connectivity index is 1.94. The largest absolute Gasteiger partial charge is 0.462 e. The number of esters is 1. The highest BCUT2D eigenvalue weighted by atomic mass is 16.7. The van der Waals surface area contributed by atoms with Gasteiger partial charge in [-0.05, 0) is 81.9 Å². The summed E-state index contributed by atoms with van der Waals surface area (Å²) in [6, 6.07) is 0. The van der Waals surface area contributed by atoms with Crippen LogP contribution in [0.3, 0.4) is 0 Å². The van der Waals surface area contributed by atoms with Gasteiger partial charge in [-0.2, -0.15) is 0 Å². The molecule has 2 bridgehead atoms. The van der Waals surface area contributed by atoms with Crippen molar-refractivity contribution in [2.24, 2.45) is 29.4 Å². The molecule has 3 aliphatic heterocycles. The number of primary amides is 1. The second-order valence-electron chi connectivity index (χ2n) is 15.7. The number of hydrogen-bond acceptors (Lipinski definition) is 11. The molecular formula is C41H65NO11. The van der Waals surface area contributed by atoms with Crippen molar-refractivity contribution < 1.29 is 53.4 Å². The van der Waals surface area contributed by atoms with Gasteiger partial charge in [0.25, 0.3) is 0 Å². The molecule has 53 heavy (non-hydrogen) atoms. The minimum absolute atomic E-state index is 0.000108. The van der Waals surface area contributed by atoms with E-state index in [0.717, 1.165) is 11.1 Å². The molecule has 0 aromatic heterocycles. The van der Waals surface area contributed by atoms with Crippen LogP contribution in [-0.4, -0.2) is 88.0 Å². The zero-order valence-electron chi connectivity index (χ0n) is 33.2. The molecule has 1 amide bonds. The minimum Gasteiger partial charge on any atom is -0.462 e. The van der Waals surface area contributed by atoms with Crippen LogP contribution in [0.4, 0.5) is 4.79 Å². The fourth-order valence-electron chi connectivity index (χ4n) is 7.71. The Morgan fingerprint density at radius 1 is 1.09 bits per heavy atom. The highest BCUT2D eigenvalue weighted by Crippen LogP contribution is 2.35. The van der Waals surface area contributed by atoms with Gasteiger partial charge in [0.1, 0.15) is 24.4 Å². The van der Waals surface area contributed by atoms with Gasteiger partial charge in [0, 0.05) is 31.1 Å². The Labute approximate surface area is 315 Å². The van der Waals surface area contributed by atoms with Crippen molar-refractivity contribution in [3.63, 3.8) is 0 Å². The highest BCUT2D eigenvalue weighted by Gasteiger charge is 2.41. The molecule has 3 heterocycles. The number of fused-ring (bicyclic) bond motifs is 2. The number of cyclic esters (lactones) is 1. The number of rotatable bonds is 9. The summed E-state index contributed by atoms with van der Waals surface area (Å²) in [6.45, 7) is 16.9. The molecule has 0 radical (unpaired) electrons. The van der Waals surface area contributed by atoms with E-state index in [1.165, 1.54) is 0 Å². The summed E-state index contributed by atoms with van der Waals surface area (Å²) in [6.07, 6.45) is 5.49. The molecule has 0 aromatic carbocycles. The predicted molar refractivity (Wildman–Crippen MR) is 200 cm³/mol. The summed E-state index contributed by atoms with van der Waals surface area (Å²) in [7, 11) is 0. The third-order valence-corrected chi connectivity index (χ3v) is 10.8. The van der Waals surface area contributed by atoms with Crippen LogP contribution in [0.1, 0.15) is 114 Å². The second kappa shape index (κ2) is 20.2. The molecule has 300 valence electrons. The summed E-state index contributed by atoms with van der Waals surface area (Å²) in [5.74, 6) is -3.42. The molecule has 0 aromatic rings. The third kappa shape index (κ3) is 13.1. The van der Waals surface area contributed by atoms with E-state index >= 15 is 0 Å². The monoisotopic (exact) mass is 747 g/mol. The van der Waals surface area contributed by atoms with Crippen LogP contribution in [0.25, 0.3) is 0 Å². The normalized spacial score (nSPS) is 38.1. The van der Waals surface area contributed by atoms with Gasteiger partial charge >= 0.3 is 12.1 Å². The van der Waals surface area contributed by atoms with E-state index in [0.29, 0.717) is 37.7 Å². The van der Waals surface area contributed by atoms with Gasteiger partial charge in [0.2, 0.25) is 0 Å². The molecule has 12 heteroatoms. The number of ether oxygens (including phenoxy) is 5. The van der Waals surface area contributed by atoms with Gasteiger partial charge in [-0.25, -0.2) is 4.79 Å². The lowest BCUT2D eigenvalue weighted by molar-refractivity contribution is -0.254. The summed E-state index contributed by atoms with van der Waals surface area (Å²) >= 11 is 0. The van der Waals surface area contributed by atoms with Crippen molar-refractivity contribution in [2.75, 3.05) is 0 Å². The Kier molecular flexibility index (Phi) is 16.9. The van der Waals surface area contributed by atoms with Crippen molar-refractivity contribution in [1.82, 2.24) is 0 Å². The van der Waals surface area contributed by atoms with E-state index < -0.39 is 72.8 Å². The number of ketones is 1. The Morgan fingerprint density at radius 2 is 1.77 bits per heavy atom. The molecule has 0 spiro atoms. The highest BCUT2D eigenvalue weighted by molar-refractivity contribution is 5.94. The molecule has 1 saturated heterocycles. The first-order chi connectivity index (χ1) is 24.8. The topological polar surface area (TPSA) is 184 Å². The van der Waals surface area contributed by atoms with E-state index in [2.05, 4.69) is 6.08 Å². The fourth-order valence-corrected chi connectivity index (χ4v) is 7.71. The minimum atomic E-state index is -1.76. The standard InChI is InChI=1S/C41H65NO11/c1-10-32(43)27(6)19-23(2)20-28(7)39-29(8)36(45)24(3)15-16-31(50-35-21-33(51-40(42)47)37(46)30(9)49-35)14-12-11-13-25(4)38-26(5)17-18-41(48,53-38)22-34(44)52-39/h13,15-17,19,23-24,28-31,33,35-39,45-46,48H,10-12,14,18,20-22H2,1-9H3,(H2,42,47)/b16-15+,25-13+,27-19+/t23-,24+,28+,29+,30-,31+,33-,35+,36+,37+,38+,39+,41+/m0/s1. The first-order valence-electron chi connectivity index (χ1n) is 19.3. The van der Waals surface area contributed by atoms with Crippen LogP contribution >= 0.6 is 0 Å². The molecular weight excluding hydrogens is 682 g/mol. The number of aliphatic hydroxyl groups excluding tert-OH is 2. The number of amides is 1. The average Bonchev–Trinajstić information content (AvgIpc) is 3.08. The van der Waals surface area contributed by atoms with Crippen LogP contribution in [0.2, 0.25) is 0 Å². The number of allylic oxidation sites excluding steroid dienone is 3. The average molecular weight is 748 g/mol. The van der Waals surface area contributed by atoms with Crippen molar-refractivity contribution in [1.29, 1.82) is 0 Å². The van der Waals surface area contributed by atoms with Crippen molar-refractivity contribution in [2.45, 2.75) is 168 Å².